The van der Waals surface area contributed by atoms with E-state index in [4.69, 9.17) is 9.47 Å². The highest BCUT2D eigenvalue weighted by atomic mass is 32.1. The van der Waals surface area contributed by atoms with Gasteiger partial charge in [-0.15, -0.1) is 0 Å². The number of phenolic OH excluding ortho intramolecular Hbond substituents is 1. The first-order chi connectivity index (χ1) is 15.2. The number of phenols is 1. The maximum atomic E-state index is 11.3. The number of benzene rings is 2. The Kier molecular flexibility index (Phi) is 5.95. The van der Waals surface area contributed by atoms with Crippen molar-refractivity contribution in [1.82, 2.24) is 4.98 Å². The maximum Gasteiger partial charge on any atom is 0.307 e. The number of hydrogen-bond donors (Lipinski definition) is 3. The van der Waals surface area contributed by atoms with E-state index in [1.165, 1.54) is 0 Å². The zero-order valence-corrected chi connectivity index (χ0v) is 19.7. The number of aromatic hydroxyl groups is 2. The fourth-order valence-electron chi connectivity index (χ4n) is 4.22. The summed E-state index contributed by atoms with van der Waals surface area (Å²) in [7, 11) is 0. The number of rotatable bonds is 6. The second kappa shape index (κ2) is 8.54. The van der Waals surface area contributed by atoms with Crippen LogP contribution in [0.5, 0.6) is 23.1 Å². The standard InChI is InChI=1S/C25H29NO5S/c1-14-15(2)22-19(16(3)21(14)27)9-10-25(4,31-22)11-12-30-18-7-5-17(6-8-18)13-20-23(28)26-24(29)32-20/h5-8,27-28H,9-13H2,1-4H3,(H,26,29). The van der Waals surface area contributed by atoms with E-state index in [0.29, 0.717) is 23.7 Å². The first kappa shape index (κ1) is 22.3. The van der Waals surface area contributed by atoms with E-state index in [9.17, 15) is 15.0 Å². The molecule has 3 aromatic rings. The Balaban J connectivity index is 1.36. The number of nitrogens with one attached hydrogen (secondary N) is 1. The van der Waals surface area contributed by atoms with Gasteiger partial charge >= 0.3 is 4.87 Å². The van der Waals surface area contributed by atoms with Gasteiger partial charge in [0.1, 0.15) is 22.8 Å². The number of thiazole rings is 1. The van der Waals surface area contributed by atoms with E-state index in [1.54, 1.807) is 0 Å². The Morgan fingerprint density at radius 2 is 1.84 bits per heavy atom. The van der Waals surface area contributed by atoms with Crippen LogP contribution in [0.2, 0.25) is 0 Å². The molecule has 2 heterocycles. The zero-order chi connectivity index (χ0) is 23.0. The first-order valence-corrected chi connectivity index (χ1v) is 11.6. The molecule has 0 saturated heterocycles. The highest BCUT2D eigenvalue weighted by molar-refractivity contribution is 7.09. The van der Waals surface area contributed by atoms with Gasteiger partial charge in [0, 0.05) is 18.4 Å². The summed E-state index contributed by atoms with van der Waals surface area (Å²) < 4.78 is 12.4. The molecule has 1 unspecified atom stereocenters. The molecule has 1 aliphatic rings. The molecule has 0 bridgehead atoms. The van der Waals surface area contributed by atoms with Crippen LogP contribution in [-0.2, 0) is 12.8 Å². The van der Waals surface area contributed by atoms with Crippen LogP contribution < -0.4 is 14.3 Å². The molecule has 4 rings (SSSR count). The third-order valence-corrected chi connectivity index (χ3v) is 7.35. The quantitative estimate of drug-likeness (QED) is 0.491. The lowest BCUT2D eigenvalue weighted by molar-refractivity contribution is 0.0411. The van der Waals surface area contributed by atoms with Gasteiger partial charge in [0.15, 0.2) is 0 Å². The fraction of sp³-hybridized carbons (Fsp3) is 0.400. The summed E-state index contributed by atoms with van der Waals surface area (Å²) in [5, 5.41) is 20.1. The first-order valence-electron chi connectivity index (χ1n) is 10.8. The average Bonchev–Trinajstić information content (AvgIpc) is 3.08. The molecular weight excluding hydrogens is 426 g/mol. The largest absolute Gasteiger partial charge is 0.507 e. The lowest BCUT2D eigenvalue weighted by Crippen LogP contribution is -2.38. The van der Waals surface area contributed by atoms with Crippen LogP contribution in [0.15, 0.2) is 29.1 Å². The third-order valence-electron chi connectivity index (χ3n) is 6.48. The summed E-state index contributed by atoms with van der Waals surface area (Å²) in [4.78, 5) is 14.1. The molecule has 2 aromatic carbocycles. The molecule has 0 fully saturated rings. The van der Waals surface area contributed by atoms with Crippen LogP contribution in [0.3, 0.4) is 0 Å². The van der Waals surface area contributed by atoms with E-state index in [1.807, 2.05) is 45.0 Å². The molecule has 0 radical (unpaired) electrons. The fourth-order valence-corrected chi connectivity index (χ4v) is 4.97. The van der Waals surface area contributed by atoms with Crippen LogP contribution in [0.1, 0.15) is 52.5 Å². The van der Waals surface area contributed by atoms with Crippen LogP contribution in [0.25, 0.3) is 0 Å². The zero-order valence-electron chi connectivity index (χ0n) is 18.9. The van der Waals surface area contributed by atoms with Gasteiger partial charge in [-0.25, -0.2) is 0 Å². The molecular formula is C25H29NO5S. The van der Waals surface area contributed by atoms with Gasteiger partial charge in [0.05, 0.1) is 11.5 Å². The van der Waals surface area contributed by atoms with E-state index in [2.05, 4.69) is 11.9 Å². The maximum absolute atomic E-state index is 11.3. The van der Waals surface area contributed by atoms with Crippen LogP contribution in [0.4, 0.5) is 0 Å². The van der Waals surface area contributed by atoms with Crippen molar-refractivity contribution < 1.29 is 19.7 Å². The second-order valence-corrected chi connectivity index (χ2v) is 9.86. The summed E-state index contributed by atoms with van der Waals surface area (Å²) in [6, 6.07) is 7.69. The Labute approximate surface area is 191 Å². The number of aromatic amines is 1. The molecule has 32 heavy (non-hydrogen) atoms. The van der Waals surface area contributed by atoms with Crippen molar-refractivity contribution in [3.63, 3.8) is 0 Å². The summed E-state index contributed by atoms with van der Waals surface area (Å²) in [5.41, 5.74) is 4.58. The van der Waals surface area contributed by atoms with Crippen molar-refractivity contribution in [2.24, 2.45) is 0 Å². The monoisotopic (exact) mass is 455 g/mol. The van der Waals surface area contributed by atoms with E-state index < -0.39 is 0 Å². The normalized spacial score (nSPS) is 17.6. The predicted molar refractivity (Wildman–Crippen MR) is 126 cm³/mol. The molecule has 0 spiro atoms. The van der Waals surface area contributed by atoms with Gasteiger partial charge in [-0.2, -0.15) is 0 Å². The molecule has 0 saturated carbocycles. The molecule has 1 atom stereocenters. The highest BCUT2D eigenvalue weighted by Crippen LogP contribution is 2.44. The summed E-state index contributed by atoms with van der Waals surface area (Å²) in [5.74, 6) is 2.00. The Morgan fingerprint density at radius 1 is 1.12 bits per heavy atom. The van der Waals surface area contributed by atoms with Gasteiger partial charge in [0.25, 0.3) is 0 Å². The summed E-state index contributed by atoms with van der Waals surface area (Å²) in [6.07, 6.45) is 2.99. The second-order valence-electron chi connectivity index (χ2n) is 8.79. The molecule has 1 aromatic heterocycles. The number of fused-ring (bicyclic) bond motifs is 1. The third kappa shape index (κ3) is 4.35. The van der Waals surface area contributed by atoms with Crippen molar-refractivity contribution >= 4 is 11.3 Å². The Morgan fingerprint density at radius 3 is 2.50 bits per heavy atom. The molecule has 1 aliphatic heterocycles. The SMILES string of the molecule is Cc1c(C)c2c(c(C)c1O)CCC(C)(CCOc1ccc(Cc3sc(=O)[nH]c3O)cc1)O2. The van der Waals surface area contributed by atoms with Crippen molar-refractivity contribution in [3.8, 4) is 23.1 Å². The van der Waals surface area contributed by atoms with Gasteiger partial charge in [0.2, 0.25) is 5.88 Å². The Hall–Kier alpha value is -2.93. The van der Waals surface area contributed by atoms with E-state index in [-0.39, 0.29) is 16.4 Å². The van der Waals surface area contributed by atoms with Crippen LogP contribution in [-0.4, -0.2) is 27.4 Å². The Bertz CT molecular complexity index is 1190. The molecule has 0 aliphatic carbocycles. The van der Waals surface area contributed by atoms with Crippen molar-refractivity contribution in [2.45, 2.75) is 59.0 Å². The molecule has 7 heteroatoms. The van der Waals surface area contributed by atoms with Crippen LogP contribution in [0, 0.1) is 20.8 Å². The van der Waals surface area contributed by atoms with Crippen molar-refractivity contribution in [2.75, 3.05) is 6.61 Å². The predicted octanol–water partition coefficient (Wildman–Crippen LogP) is 4.92. The van der Waals surface area contributed by atoms with Gasteiger partial charge in [-0.1, -0.05) is 23.5 Å². The topological polar surface area (TPSA) is 91.8 Å². The minimum Gasteiger partial charge on any atom is -0.507 e. The van der Waals surface area contributed by atoms with E-state index >= 15 is 0 Å². The number of aromatic nitrogens is 1. The van der Waals surface area contributed by atoms with Gasteiger partial charge in [-0.05, 0) is 74.9 Å². The summed E-state index contributed by atoms with van der Waals surface area (Å²) in [6.45, 7) is 8.53. The minimum atomic E-state index is -0.323. The average molecular weight is 456 g/mol. The number of ether oxygens (including phenoxy) is 2. The lowest BCUT2D eigenvalue weighted by atomic mass is 9.86. The smallest absolute Gasteiger partial charge is 0.307 e. The highest BCUT2D eigenvalue weighted by Gasteiger charge is 2.34. The molecule has 6 nitrogen and oxygen atoms in total. The van der Waals surface area contributed by atoms with Crippen molar-refractivity contribution in [3.05, 3.63) is 66.6 Å². The molecule has 170 valence electrons. The minimum absolute atomic E-state index is 0.0570. The number of hydrogen-bond acceptors (Lipinski definition) is 6. The van der Waals surface area contributed by atoms with Crippen molar-refractivity contribution in [1.29, 1.82) is 0 Å². The van der Waals surface area contributed by atoms with E-state index in [0.717, 1.165) is 69.9 Å². The molecule has 0 amide bonds. The molecule has 3 N–H and O–H groups in total. The van der Waals surface area contributed by atoms with Gasteiger partial charge in [-0.3, -0.25) is 9.78 Å². The number of H-pyrrole nitrogens is 1. The van der Waals surface area contributed by atoms with Gasteiger partial charge < -0.3 is 19.7 Å². The summed E-state index contributed by atoms with van der Waals surface area (Å²) >= 11 is 1.02. The van der Waals surface area contributed by atoms with Crippen LogP contribution >= 0.6 is 11.3 Å². The lowest BCUT2D eigenvalue weighted by Gasteiger charge is -2.38.